The Bertz CT molecular complexity index is 830. The van der Waals surface area contributed by atoms with Crippen LogP contribution in [-0.4, -0.2) is 25.4 Å². The lowest BCUT2D eigenvalue weighted by Crippen LogP contribution is -2.05. The van der Waals surface area contributed by atoms with E-state index in [1.165, 1.54) is 4.88 Å². The molecule has 1 aliphatic carbocycles. The molecule has 3 aromatic heterocycles. The minimum absolute atomic E-state index is 0.126. The molecule has 0 saturated heterocycles. The van der Waals surface area contributed by atoms with E-state index in [1.807, 2.05) is 6.07 Å². The van der Waals surface area contributed by atoms with E-state index in [-0.39, 0.29) is 5.69 Å². The van der Waals surface area contributed by atoms with Crippen molar-refractivity contribution in [2.24, 2.45) is 0 Å². The summed E-state index contributed by atoms with van der Waals surface area (Å²) in [6, 6.07) is 5.39. The molecule has 21 heavy (non-hydrogen) atoms. The van der Waals surface area contributed by atoms with Gasteiger partial charge in [-0.25, -0.2) is 14.8 Å². The Balaban J connectivity index is 1.78. The van der Waals surface area contributed by atoms with Gasteiger partial charge >= 0.3 is 5.97 Å². The van der Waals surface area contributed by atoms with E-state index in [2.05, 4.69) is 15.3 Å². The Labute approximate surface area is 124 Å². The van der Waals surface area contributed by atoms with Crippen LogP contribution in [0.25, 0.3) is 5.65 Å². The lowest BCUT2D eigenvalue weighted by molar-refractivity contribution is 0.0690. The molecule has 1 aliphatic rings. The molecule has 0 aliphatic heterocycles. The number of anilines is 2. The molecule has 0 bridgehead atoms. The minimum Gasteiger partial charge on any atom is -0.476 e. The van der Waals surface area contributed by atoms with Crippen LogP contribution in [0, 0.1) is 0 Å². The molecule has 7 heteroatoms. The molecule has 0 radical (unpaired) electrons. The Kier molecular flexibility index (Phi) is 2.68. The van der Waals surface area contributed by atoms with E-state index < -0.39 is 5.97 Å². The summed E-state index contributed by atoms with van der Waals surface area (Å²) in [6.45, 7) is 0. The molecule has 106 valence electrons. The van der Waals surface area contributed by atoms with Crippen LogP contribution in [0.3, 0.4) is 0 Å². The van der Waals surface area contributed by atoms with Gasteiger partial charge in [0, 0.05) is 11.1 Å². The maximum atomic E-state index is 11.5. The van der Waals surface area contributed by atoms with Crippen LogP contribution >= 0.6 is 11.3 Å². The lowest BCUT2D eigenvalue weighted by Gasteiger charge is -2.00. The second-order valence-corrected chi connectivity index (χ2v) is 5.99. The fraction of sp³-hybridized carbons (Fsp3) is 0.214. The fourth-order valence-electron chi connectivity index (χ4n) is 2.63. The van der Waals surface area contributed by atoms with E-state index in [9.17, 15) is 9.90 Å². The van der Waals surface area contributed by atoms with Gasteiger partial charge < -0.3 is 10.4 Å². The SMILES string of the molecule is O=C(O)c1c(Nc2nc3c(s2)CCC3)nc2ccccn12. The predicted molar refractivity (Wildman–Crippen MR) is 79.6 cm³/mol. The van der Waals surface area contributed by atoms with E-state index >= 15 is 0 Å². The highest BCUT2D eigenvalue weighted by Gasteiger charge is 2.21. The average molecular weight is 300 g/mol. The standard InChI is InChI=1S/C14H12N4O2S/c19-13(20)11-12(16-10-6-1-2-7-18(10)11)17-14-15-8-4-3-5-9(8)21-14/h1-2,6-7H,3-5H2,(H,15,17)(H,19,20). The number of thiazole rings is 1. The van der Waals surface area contributed by atoms with Gasteiger partial charge in [0.15, 0.2) is 16.6 Å². The number of aromatic carboxylic acids is 1. The number of aromatic nitrogens is 3. The van der Waals surface area contributed by atoms with Crippen LogP contribution in [0.4, 0.5) is 10.9 Å². The third kappa shape index (κ3) is 1.97. The molecule has 0 fully saturated rings. The summed E-state index contributed by atoms with van der Waals surface area (Å²) in [5, 5.41) is 13.2. The summed E-state index contributed by atoms with van der Waals surface area (Å²) < 4.78 is 1.56. The molecule has 0 amide bonds. The van der Waals surface area contributed by atoms with E-state index in [1.54, 1.807) is 34.1 Å². The normalized spacial score (nSPS) is 13.5. The number of hydrogen-bond acceptors (Lipinski definition) is 5. The largest absolute Gasteiger partial charge is 0.476 e. The molecule has 3 heterocycles. The summed E-state index contributed by atoms with van der Waals surface area (Å²) in [5.74, 6) is -0.679. The fourth-order valence-corrected chi connectivity index (χ4v) is 3.68. The molecule has 2 N–H and O–H groups in total. The van der Waals surface area contributed by atoms with Crippen molar-refractivity contribution in [1.82, 2.24) is 14.4 Å². The summed E-state index contributed by atoms with van der Waals surface area (Å²) in [4.78, 5) is 21.7. The molecular formula is C14H12N4O2S. The van der Waals surface area contributed by atoms with E-state index in [0.29, 0.717) is 16.6 Å². The number of rotatable bonds is 3. The van der Waals surface area contributed by atoms with Crippen molar-refractivity contribution < 1.29 is 9.90 Å². The van der Waals surface area contributed by atoms with Crippen molar-refractivity contribution in [3.63, 3.8) is 0 Å². The second-order valence-electron chi connectivity index (χ2n) is 4.91. The smallest absolute Gasteiger partial charge is 0.356 e. The van der Waals surface area contributed by atoms with Gasteiger partial charge in [-0.05, 0) is 31.4 Å². The number of carboxylic acid groups (broad SMARTS) is 1. The lowest BCUT2D eigenvalue weighted by atomic mass is 10.4. The quantitative estimate of drug-likeness (QED) is 0.777. The number of aryl methyl sites for hydroxylation is 2. The van der Waals surface area contributed by atoms with Gasteiger partial charge in [-0.2, -0.15) is 0 Å². The number of imidazole rings is 1. The Hall–Kier alpha value is -2.41. The second kappa shape index (κ2) is 4.56. The zero-order chi connectivity index (χ0) is 14.4. The highest BCUT2D eigenvalue weighted by Crippen LogP contribution is 2.32. The van der Waals surface area contributed by atoms with Crippen molar-refractivity contribution in [1.29, 1.82) is 0 Å². The van der Waals surface area contributed by atoms with Crippen molar-refractivity contribution in [2.45, 2.75) is 19.3 Å². The molecule has 0 spiro atoms. The third-order valence-corrected chi connectivity index (χ3v) is 4.63. The first kappa shape index (κ1) is 12.3. The number of carbonyl (C=O) groups is 1. The van der Waals surface area contributed by atoms with E-state index in [4.69, 9.17) is 0 Å². The zero-order valence-electron chi connectivity index (χ0n) is 11.0. The van der Waals surface area contributed by atoms with Crippen LogP contribution in [0.1, 0.15) is 27.5 Å². The first-order valence-electron chi connectivity index (χ1n) is 6.68. The van der Waals surface area contributed by atoms with Crippen LogP contribution in [0.2, 0.25) is 0 Å². The van der Waals surface area contributed by atoms with Gasteiger partial charge in [-0.1, -0.05) is 6.07 Å². The van der Waals surface area contributed by atoms with Crippen LogP contribution in [-0.2, 0) is 12.8 Å². The molecule has 0 atom stereocenters. The number of pyridine rings is 1. The summed E-state index contributed by atoms with van der Waals surface area (Å²) >= 11 is 1.58. The maximum Gasteiger partial charge on any atom is 0.356 e. The minimum atomic E-state index is -1.01. The van der Waals surface area contributed by atoms with Gasteiger partial charge in [0.25, 0.3) is 0 Å². The number of fused-ring (bicyclic) bond motifs is 2. The Morgan fingerprint density at radius 2 is 2.24 bits per heavy atom. The molecule has 0 saturated carbocycles. The van der Waals surface area contributed by atoms with Crippen LogP contribution in [0.15, 0.2) is 24.4 Å². The Morgan fingerprint density at radius 1 is 1.33 bits per heavy atom. The van der Waals surface area contributed by atoms with Gasteiger partial charge in [-0.3, -0.25) is 4.40 Å². The monoisotopic (exact) mass is 300 g/mol. The number of hydrogen-bond donors (Lipinski definition) is 2. The molecule has 3 aromatic rings. The topological polar surface area (TPSA) is 79.5 Å². The molecule has 0 unspecified atom stereocenters. The van der Waals surface area contributed by atoms with E-state index in [0.717, 1.165) is 25.0 Å². The van der Waals surface area contributed by atoms with Gasteiger partial charge in [0.05, 0.1) is 5.69 Å². The summed E-state index contributed by atoms with van der Waals surface area (Å²) in [5.41, 5.74) is 1.85. The highest BCUT2D eigenvalue weighted by molar-refractivity contribution is 7.15. The van der Waals surface area contributed by atoms with Crippen molar-refractivity contribution in [2.75, 3.05) is 5.32 Å². The molecular weight excluding hydrogens is 288 g/mol. The Morgan fingerprint density at radius 3 is 3.05 bits per heavy atom. The zero-order valence-corrected chi connectivity index (χ0v) is 11.9. The van der Waals surface area contributed by atoms with Crippen molar-refractivity contribution in [3.05, 3.63) is 40.7 Å². The van der Waals surface area contributed by atoms with Gasteiger partial charge in [-0.15, -0.1) is 11.3 Å². The van der Waals surface area contributed by atoms with Crippen molar-refractivity contribution >= 4 is 33.9 Å². The van der Waals surface area contributed by atoms with Crippen LogP contribution in [0.5, 0.6) is 0 Å². The number of nitrogens with one attached hydrogen (secondary N) is 1. The highest BCUT2D eigenvalue weighted by atomic mass is 32.1. The van der Waals surface area contributed by atoms with Gasteiger partial charge in [0.1, 0.15) is 5.65 Å². The summed E-state index contributed by atoms with van der Waals surface area (Å²) in [7, 11) is 0. The molecule has 4 rings (SSSR count). The molecule has 0 aromatic carbocycles. The molecule has 6 nitrogen and oxygen atoms in total. The predicted octanol–water partition coefficient (Wildman–Crippen LogP) is 2.72. The summed E-state index contributed by atoms with van der Waals surface area (Å²) in [6.07, 6.45) is 4.91. The number of carboxylic acids is 1. The average Bonchev–Trinajstić information content (AvgIpc) is 3.09. The third-order valence-electron chi connectivity index (χ3n) is 3.55. The first-order chi connectivity index (χ1) is 10.2. The van der Waals surface area contributed by atoms with Crippen LogP contribution < -0.4 is 5.32 Å². The number of nitrogens with zero attached hydrogens (tertiary/aromatic N) is 3. The van der Waals surface area contributed by atoms with Crippen molar-refractivity contribution in [3.8, 4) is 0 Å². The van der Waals surface area contributed by atoms with Gasteiger partial charge in [0.2, 0.25) is 0 Å². The maximum absolute atomic E-state index is 11.5. The first-order valence-corrected chi connectivity index (χ1v) is 7.50.